The highest BCUT2D eigenvalue weighted by Gasteiger charge is 2.11. The van der Waals surface area contributed by atoms with Crippen molar-refractivity contribution in [3.8, 4) is 5.69 Å². The molecular formula is C24H21FN4O3S. The third-order valence-electron chi connectivity index (χ3n) is 4.78. The lowest BCUT2D eigenvalue weighted by molar-refractivity contribution is -0.118. The lowest BCUT2D eigenvalue weighted by atomic mass is 10.1. The van der Waals surface area contributed by atoms with Gasteiger partial charge in [-0.1, -0.05) is 30.0 Å². The number of thioether (sulfide) groups is 1. The van der Waals surface area contributed by atoms with Gasteiger partial charge in [0, 0.05) is 35.8 Å². The standard InChI is InChI=1S/C24H21FN4O3S/c25-21-6-2-1-4-18(21)14-28-23(31)17-7-9-19(10-8-17)29-12-11-26-24(29)33-16-22(30)27-15-20-5-3-13-32-20/h1-13H,14-16H2,(H,27,30)(H,28,31). The van der Waals surface area contributed by atoms with Gasteiger partial charge in [-0.2, -0.15) is 0 Å². The van der Waals surface area contributed by atoms with E-state index >= 15 is 0 Å². The van der Waals surface area contributed by atoms with E-state index < -0.39 is 0 Å². The minimum atomic E-state index is -0.354. The minimum Gasteiger partial charge on any atom is -0.467 e. The molecule has 0 aliphatic heterocycles. The summed E-state index contributed by atoms with van der Waals surface area (Å²) in [6.07, 6.45) is 5.00. The van der Waals surface area contributed by atoms with Crippen molar-refractivity contribution in [2.75, 3.05) is 5.75 Å². The first-order valence-corrected chi connectivity index (χ1v) is 11.2. The molecule has 0 spiro atoms. The summed E-state index contributed by atoms with van der Waals surface area (Å²) in [5.41, 5.74) is 1.69. The third kappa shape index (κ3) is 5.89. The molecule has 0 saturated heterocycles. The van der Waals surface area contributed by atoms with E-state index in [4.69, 9.17) is 4.42 Å². The highest BCUT2D eigenvalue weighted by molar-refractivity contribution is 7.99. The van der Waals surface area contributed by atoms with Crippen LogP contribution in [0, 0.1) is 5.82 Å². The first-order valence-electron chi connectivity index (χ1n) is 10.2. The molecule has 0 fully saturated rings. The van der Waals surface area contributed by atoms with Crippen LogP contribution in [0.4, 0.5) is 4.39 Å². The van der Waals surface area contributed by atoms with Crippen molar-refractivity contribution >= 4 is 23.6 Å². The number of carbonyl (C=O) groups excluding carboxylic acids is 2. The summed E-state index contributed by atoms with van der Waals surface area (Å²) in [6, 6.07) is 16.9. The van der Waals surface area contributed by atoms with Gasteiger partial charge in [-0.25, -0.2) is 9.37 Å². The monoisotopic (exact) mass is 464 g/mol. The average molecular weight is 465 g/mol. The maximum absolute atomic E-state index is 13.7. The Hall–Kier alpha value is -3.85. The van der Waals surface area contributed by atoms with Crippen LogP contribution in [0.25, 0.3) is 5.69 Å². The molecule has 2 aromatic heterocycles. The molecule has 9 heteroatoms. The van der Waals surface area contributed by atoms with Gasteiger partial charge in [0.1, 0.15) is 11.6 Å². The van der Waals surface area contributed by atoms with E-state index in [1.54, 1.807) is 73.3 Å². The first kappa shape index (κ1) is 22.3. The molecule has 0 aliphatic carbocycles. The molecule has 33 heavy (non-hydrogen) atoms. The van der Waals surface area contributed by atoms with Gasteiger partial charge in [-0.05, 0) is 42.5 Å². The largest absolute Gasteiger partial charge is 0.467 e. The van der Waals surface area contributed by atoms with Crippen LogP contribution in [0.3, 0.4) is 0 Å². The molecule has 2 N–H and O–H groups in total. The summed E-state index contributed by atoms with van der Waals surface area (Å²) >= 11 is 1.31. The summed E-state index contributed by atoms with van der Waals surface area (Å²) in [7, 11) is 0. The van der Waals surface area contributed by atoms with Crippen LogP contribution < -0.4 is 10.6 Å². The van der Waals surface area contributed by atoms with E-state index in [-0.39, 0.29) is 29.9 Å². The van der Waals surface area contributed by atoms with Gasteiger partial charge in [0.2, 0.25) is 5.91 Å². The van der Waals surface area contributed by atoms with Crippen LogP contribution in [-0.2, 0) is 17.9 Å². The zero-order chi connectivity index (χ0) is 23.0. The van der Waals surface area contributed by atoms with Crippen molar-refractivity contribution in [3.05, 3.63) is 102 Å². The van der Waals surface area contributed by atoms with Crippen molar-refractivity contribution in [3.63, 3.8) is 0 Å². The smallest absolute Gasteiger partial charge is 0.251 e. The Bertz CT molecular complexity index is 1220. The fourth-order valence-electron chi connectivity index (χ4n) is 3.07. The second kappa shape index (κ2) is 10.6. The molecule has 7 nitrogen and oxygen atoms in total. The molecule has 0 unspecified atom stereocenters. The van der Waals surface area contributed by atoms with E-state index in [2.05, 4.69) is 15.6 Å². The number of halogens is 1. The number of imidazole rings is 1. The van der Waals surface area contributed by atoms with Gasteiger partial charge in [0.05, 0.1) is 18.6 Å². The van der Waals surface area contributed by atoms with Gasteiger partial charge in [0.25, 0.3) is 5.91 Å². The van der Waals surface area contributed by atoms with Gasteiger partial charge >= 0.3 is 0 Å². The SMILES string of the molecule is O=C(CSc1nccn1-c1ccc(C(=O)NCc2ccccc2F)cc1)NCc1ccco1. The Morgan fingerprint density at radius 3 is 2.58 bits per heavy atom. The summed E-state index contributed by atoms with van der Waals surface area (Å²) in [4.78, 5) is 28.8. The number of nitrogens with one attached hydrogen (secondary N) is 2. The van der Waals surface area contributed by atoms with Gasteiger partial charge < -0.3 is 15.1 Å². The first-order chi connectivity index (χ1) is 16.1. The molecule has 0 atom stereocenters. The molecule has 0 radical (unpaired) electrons. The molecule has 2 amide bonds. The lowest BCUT2D eigenvalue weighted by Gasteiger charge is -2.10. The molecule has 4 rings (SSSR count). The lowest BCUT2D eigenvalue weighted by Crippen LogP contribution is -2.24. The number of aromatic nitrogens is 2. The number of hydrogen-bond acceptors (Lipinski definition) is 5. The highest BCUT2D eigenvalue weighted by Crippen LogP contribution is 2.21. The van der Waals surface area contributed by atoms with E-state index in [0.29, 0.717) is 28.6 Å². The number of rotatable bonds is 9. The zero-order valence-corrected chi connectivity index (χ0v) is 18.3. The second-order valence-electron chi connectivity index (χ2n) is 7.05. The van der Waals surface area contributed by atoms with Crippen LogP contribution in [-0.4, -0.2) is 27.1 Å². The highest BCUT2D eigenvalue weighted by atomic mass is 32.2. The summed E-state index contributed by atoms with van der Waals surface area (Å²) in [5, 5.41) is 6.17. The average Bonchev–Trinajstić information content (AvgIpc) is 3.53. The van der Waals surface area contributed by atoms with Crippen molar-refractivity contribution in [2.45, 2.75) is 18.2 Å². The van der Waals surface area contributed by atoms with Crippen LogP contribution in [0.1, 0.15) is 21.7 Å². The molecule has 2 aromatic carbocycles. The van der Waals surface area contributed by atoms with Crippen LogP contribution >= 0.6 is 11.8 Å². The molecular weight excluding hydrogens is 443 g/mol. The van der Waals surface area contributed by atoms with E-state index in [0.717, 1.165) is 5.69 Å². The van der Waals surface area contributed by atoms with Crippen molar-refractivity contribution in [1.29, 1.82) is 0 Å². The van der Waals surface area contributed by atoms with Gasteiger partial charge in [0.15, 0.2) is 5.16 Å². The molecule has 0 bridgehead atoms. The molecule has 0 saturated carbocycles. The second-order valence-corrected chi connectivity index (χ2v) is 7.99. The summed E-state index contributed by atoms with van der Waals surface area (Å²) in [6.45, 7) is 0.443. The van der Waals surface area contributed by atoms with E-state index in [1.165, 1.54) is 17.8 Å². The fourth-order valence-corrected chi connectivity index (χ4v) is 3.87. The molecule has 4 aromatic rings. The number of furan rings is 1. The maximum Gasteiger partial charge on any atom is 0.251 e. The quantitative estimate of drug-likeness (QED) is 0.366. The van der Waals surface area contributed by atoms with Crippen molar-refractivity contribution in [1.82, 2.24) is 20.2 Å². The van der Waals surface area contributed by atoms with E-state index in [9.17, 15) is 14.0 Å². The summed E-state index contributed by atoms with van der Waals surface area (Å²) in [5.74, 6) is 0.112. The Labute approximate surface area is 194 Å². The Balaban J connectivity index is 1.32. The Morgan fingerprint density at radius 1 is 1.00 bits per heavy atom. The predicted molar refractivity (Wildman–Crippen MR) is 122 cm³/mol. The summed E-state index contributed by atoms with van der Waals surface area (Å²) < 4.78 is 20.8. The number of nitrogens with zero attached hydrogens (tertiary/aromatic N) is 2. The normalized spacial score (nSPS) is 10.7. The minimum absolute atomic E-state index is 0.109. The number of amides is 2. The van der Waals surface area contributed by atoms with Gasteiger partial charge in [-0.15, -0.1) is 0 Å². The van der Waals surface area contributed by atoms with Crippen LogP contribution in [0.2, 0.25) is 0 Å². The topological polar surface area (TPSA) is 89.2 Å². The number of benzene rings is 2. The van der Waals surface area contributed by atoms with Gasteiger partial charge in [-0.3, -0.25) is 14.2 Å². The Kier molecular flexibility index (Phi) is 7.21. The predicted octanol–water partition coefficient (Wildman–Crippen LogP) is 3.94. The number of hydrogen-bond donors (Lipinski definition) is 2. The molecule has 0 aliphatic rings. The van der Waals surface area contributed by atoms with Crippen molar-refractivity contribution < 1.29 is 18.4 Å². The fraction of sp³-hybridized carbons (Fsp3) is 0.125. The number of carbonyl (C=O) groups is 2. The van der Waals surface area contributed by atoms with Crippen LogP contribution in [0.15, 0.2) is 88.9 Å². The Morgan fingerprint density at radius 2 is 1.82 bits per heavy atom. The maximum atomic E-state index is 13.7. The van der Waals surface area contributed by atoms with Crippen LogP contribution in [0.5, 0.6) is 0 Å². The molecule has 168 valence electrons. The molecule has 2 heterocycles. The zero-order valence-electron chi connectivity index (χ0n) is 17.5. The third-order valence-corrected chi connectivity index (χ3v) is 5.75. The van der Waals surface area contributed by atoms with Crippen molar-refractivity contribution in [2.24, 2.45) is 0 Å². The van der Waals surface area contributed by atoms with E-state index in [1.807, 2.05) is 4.57 Å².